The van der Waals surface area contributed by atoms with Crippen molar-refractivity contribution in [3.8, 4) is 0 Å². The summed E-state index contributed by atoms with van der Waals surface area (Å²) in [5.74, 6) is -0.497. The van der Waals surface area contributed by atoms with Crippen LogP contribution in [0.15, 0.2) is 66.7 Å². The van der Waals surface area contributed by atoms with Crippen molar-refractivity contribution in [1.82, 2.24) is 19.8 Å². The molecule has 3 aromatic carbocycles. The zero-order chi connectivity index (χ0) is 22.8. The molecule has 33 heavy (non-hydrogen) atoms. The van der Waals surface area contributed by atoms with Crippen molar-refractivity contribution in [2.24, 2.45) is 0 Å². The number of aromatic nitrogens is 1. The highest BCUT2D eigenvalue weighted by atomic mass is 16.5. The van der Waals surface area contributed by atoms with Crippen LogP contribution in [-0.2, 0) is 13.0 Å². The largest absolute Gasteiger partial charge is 0.336 e. The number of carbonyl (C=O) groups excluding carboxylic acids is 1. The number of piperazine rings is 1. The molecule has 0 radical (unpaired) electrons. The molecule has 1 aliphatic rings. The summed E-state index contributed by atoms with van der Waals surface area (Å²) in [5, 5.41) is 11.4. The summed E-state index contributed by atoms with van der Waals surface area (Å²) >= 11 is 0. The standard InChI is InChI=1S/C27H30N4O2/c1-29-14-16-30(17-15-29)13-12-20-8-11-24-23-4-2-3-5-25(23)31(26(24)18-20)19-21-6-9-22(10-7-21)27(32)28-33/h2-11,18,33H,12-17,19H2,1H3,(H,28,32). The monoisotopic (exact) mass is 442 g/mol. The van der Waals surface area contributed by atoms with Crippen LogP contribution in [0.25, 0.3) is 21.8 Å². The van der Waals surface area contributed by atoms with Crippen LogP contribution in [0.5, 0.6) is 0 Å². The molecule has 5 rings (SSSR count). The summed E-state index contributed by atoms with van der Waals surface area (Å²) in [4.78, 5) is 16.6. The van der Waals surface area contributed by atoms with Gasteiger partial charge in [-0.1, -0.05) is 42.5 Å². The maximum absolute atomic E-state index is 11.6. The van der Waals surface area contributed by atoms with E-state index in [-0.39, 0.29) is 0 Å². The Morgan fingerprint density at radius 3 is 2.33 bits per heavy atom. The molecule has 1 fully saturated rings. The lowest BCUT2D eigenvalue weighted by Crippen LogP contribution is -2.45. The van der Waals surface area contributed by atoms with Gasteiger partial charge in [-0.25, -0.2) is 5.48 Å². The van der Waals surface area contributed by atoms with Crippen LogP contribution in [0.2, 0.25) is 0 Å². The number of benzene rings is 3. The normalized spacial score (nSPS) is 15.3. The smallest absolute Gasteiger partial charge is 0.274 e. The Kier molecular flexibility index (Phi) is 6.13. The number of hydrogen-bond acceptors (Lipinski definition) is 4. The maximum Gasteiger partial charge on any atom is 0.274 e. The number of rotatable bonds is 6. The van der Waals surface area contributed by atoms with Crippen molar-refractivity contribution in [3.63, 3.8) is 0 Å². The van der Waals surface area contributed by atoms with Gasteiger partial charge < -0.3 is 14.4 Å². The highest BCUT2D eigenvalue weighted by Gasteiger charge is 2.15. The van der Waals surface area contributed by atoms with Gasteiger partial charge in [0.1, 0.15) is 0 Å². The molecule has 1 amide bonds. The van der Waals surface area contributed by atoms with Crippen LogP contribution >= 0.6 is 0 Å². The van der Waals surface area contributed by atoms with E-state index in [4.69, 9.17) is 5.21 Å². The van der Waals surface area contributed by atoms with Crippen LogP contribution in [-0.4, -0.2) is 65.3 Å². The van der Waals surface area contributed by atoms with Gasteiger partial charge in [0.25, 0.3) is 5.91 Å². The number of nitrogens with one attached hydrogen (secondary N) is 1. The summed E-state index contributed by atoms with van der Waals surface area (Å²) in [7, 11) is 2.19. The molecule has 0 aliphatic carbocycles. The topological polar surface area (TPSA) is 60.7 Å². The van der Waals surface area contributed by atoms with E-state index in [0.717, 1.165) is 44.7 Å². The van der Waals surface area contributed by atoms with Crippen LogP contribution in [0.1, 0.15) is 21.5 Å². The molecule has 1 aromatic heterocycles. The number of hydrogen-bond donors (Lipinski definition) is 2. The SMILES string of the molecule is CN1CCN(CCc2ccc3c4ccccc4n(Cc4ccc(C(=O)NO)cc4)c3c2)CC1. The van der Waals surface area contributed by atoms with Gasteiger partial charge in [-0.3, -0.25) is 10.0 Å². The average molecular weight is 443 g/mol. The number of nitrogens with zero attached hydrogens (tertiary/aromatic N) is 3. The zero-order valence-electron chi connectivity index (χ0n) is 19.0. The average Bonchev–Trinajstić information content (AvgIpc) is 3.16. The first-order valence-electron chi connectivity index (χ1n) is 11.6. The third-order valence-electron chi connectivity index (χ3n) is 6.81. The molecule has 2 heterocycles. The first-order chi connectivity index (χ1) is 16.1. The zero-order valence-corrected chi connectivity index (χ0v) is 19.0. The van der Waals surface area contributed by atoms with Crippen molar-refractivity contribution in [3.05, 3.63) is 83.4 Å². The van der Waals surface area contributed by atoms with Gasteiger partial charge in [0.15, 0.2) is 0 Å². The Hall–Kier alpha value is -3.19. The predicted molar refractivity (Wildman–Crippen MR) is 132 cm³/mol. The van der Waals surface area contributed by atoms with Crippen molar-refractivity contribution in [2.75, 3.05) is 39.8 Å². The van der Waals surface area contributed by atoms with Gasteiger partial charge in [-0.05, 0) is 48.9 Å². The van der Waals surface area contributed by atoms with Crippen LogP contribution in [0.3, 0.4) is 0 Å². The second-order valence-electron chi connectivity index (χ2n) is 8.99. The molecule has 0 spiro atoms. The molecule has 0 bridgehead atoms. The molecule has 6 nitrogen and oxygen atoms in total. The number of hydroxylamine groups is 1. The van der Waals surface area contributed by atoms with E-state index in [0.29, 0.717) is 12.1 Å². The lowest BCUT2D eigenvalue weighted by molar-refractivity contribution is 0.0706. The van der Waals surface area contributed by atoms with Crippen molar-refractivity contribution in [1.29, 1.82) is 0 Å². The Balaban J connectivity index is 1.44. The molecule has 6 heteroatoms. The maximum atomic E-state index is 11.6. The minimum absolute atomic E-state index is 0.440. The third kappa shape index (κ3) is 4.50. The summed E-state index contributed by atoms with van der Waals surface area (Å²) in [6.45, 7) is 6.38. The first kappa shape index (κ1) is 21.6. The van der Waals surface area contributed by atoms with E-state index in [1.807, 2.05) is 12.1 Å². The fourth-order valence-electron chi connectivity index (χ4n) is 4.79. The van der Waals surface area contributed by atoms with E-state index >= 15 is 0 Å². The minimum Gasteiger partial charge on any atom is -0.336 e. The molecule has 0 atom stereocenters. The summed E-state index contributed by atoms with van der Waals surface area (Å²) in [6.07, 6.45) is 1.05. The molecule has 1 aliphatic heterocycles. The number of fused-ring (bicyclic) bond motifs is 3. The molecule has 1 saturated heterocycles. The van der Waals surface area contributed by atoms with Gasteiger partial charge in [-0.15, -0.1) is 0 Å². The summed E-state index contributed by atoms with van der Waals surface area (Å²) in [5.41, 5.74) is 7.05. The molecule has 170 valence electrons. The van der Waals surface area contributed by atoms with Gasteiger partial charge in [-0.2, -0.15) is 0 Å². The van der Waals surface area contributed by atoms with E-state index < -0.39 is 5.91 Å². The molecule has 0 saturated carbocycles. The van der Waals surface area contributed by atoms with E-state index in [1.54, 1.807) is 17.6 Å². The van der Waals surface area contributed by atoms with Gasteiger partial charge in [0.05, 0.1) is 0 Å². The van der Waals surface area contributed by atoms with Crippen LogP contribution in [0.4, 0.5) is 0 Å². The summed E-state index contributed by atoms with van der Waals surface area (Å²) < 4.78 is 2.37. The third-order valence-corrected chi connectivity index (χ3v) is 6.81. The fraction of sp³-hybridized carbons (Fsp3) is 0.296. The van der Waals surface area contributed by atoms with Crippen molar-refractivity contribution >= 4 is 27.7 Å². The lowest BCUT2D eigenvalue weighted by atomic mass is 10.1. The van der Waals surface area contributed by atoms with E-state index in [1.165, 1.54) is 27.4 Å². The van der Waals surface area contributed by atoms with E-state index in [9.17, 15) is 4.79 Å². The van der Waals surface area contributed by atoms with Crippen LogP contribution < -0.4 is 5.48 Å². The van der Waals surface area contributed by atoms with Gasteiger partial charge in [0.2, 0.25) is 0 Å². The number of likely N-dealkylation sites (N-methyl/N-ethyl adjacent to an activating group) is 1. The second-order valence-corrected chi connectivity index (χ2v) is 8.99. The second kappa shape index (κ2) is 9.35. The first-order valence-corrected chi connectivity index (χ1v) is 11.6. The number of carbonyl (C=O) groups is 1. The van der Waals surface area contributed by atoms with Crippen LogP contribution in [0, 0.1) is 0 Å². The Bertz CT molecular complexity index is 1270. The molecule has 4 aromatic rings. The molecular formula is C27H30N4O2. The van der Waals surface area contributed by atoms with Crippen molar-refractivity contribution in [2.45, 2.75) is 13.0 Å². The van der Waals surface area contributed by atoms with E-state index in [2.05, 4.69) is 63.9 Å². The lowest BCUT2D eigenvalue weighted by Gasteiger charge is -2.32. The quantitative estimate of drug-likeness (QED) is 0.353. The molecular weight excluding hydrogens is 412 g/mol. The molecule has 2 N–H and O–H groups in total. The predicted octanol–water partition coefficient (Wildman–Crippen LogP) is 3.75. The number of para-hydroxylation sites is 1. The molecule has 0 unspecified atom stereocenters. The summed E-state index contributed by atoms with van der Waals surface area (Å²) in [6, 6.07) is 22.8. The Morgan fingerprint density at radius 2 is 1.58 bits per heavy atom. The van der Waals surface area contributed by atoms with Gasteiger partial charge in [0, 0.05) is 66.6 Å². The van der Waals surface area contributed by atoms with Crippen molar-refractivity contribution < 1.29 is 10.0 Å². The Labute approximate surface area is 194 Å². The number of amides is 1. The Morgan fingerprint density at radius 1 is 0.879 bits per heavy atom. The highest BCUT2D eigenvalue weighted by molar-refractivity contribution is 6.08. The fourth-order valence-corrected chi connectivity index (χ4v) is 4.79. The minimum atomic E-state index is -0.497. The highest BCUT2D eigenvalue weighted by Crippen LogP contribution is 2.30. The van der Waals surface area contributed by atoms with Gasteiger partial charge >= 0.3 is 0 Å².